The minimum absolute atomic E-state index is 0.00367. The molecule has 2 fully saturated rings. The number of nitrogens with zero attached hydrogens (tertiary/aromatic N) is 1. The summed E-state index contributed by atoms with van der Waals surface area (Å²) in [6, 6.07) is 10.1. The average Bonchev–Trinajstić information content (AvgIpc) is 3.47. The van der Waals surface area contributed by atoms with Crippen molar-refractivity contribution in [1.82, 2.24) is 20.9 Å². The summed E-state index contributed by atoms with van der Waals surface area (Å²) in [5, 5.41) is 9.10. The standard InChI is InChI=1S/C21H32N4O2/c1-2-22-19(26)24-21(16-18-8-9-18)11-14-25(15-12-21)20(27)23-13-10-17-6-4-3-5-7-17/h3-7,18H,2,8-16H2,1H3,(H,23,27)(H2,22,24,26). The number of urea groups is 2. The molecule has 0 bridgehead atoms. The van der Waals surface area contributed by atoms with Crippen molar-refractivity contribution in [3.05, 3.63) is 35.9 Å². The van der Waals surface area contributed by atoms with Crippen LogP contribution in [0.4, 0.5) is 9.59 Å². The van der Waals surface area contributed by atoms with E-state index >= 15 is 0 Å². The third kappa shape index (κ3) is 5.88. The molecule has 0 radical (unpaired) electrons. The fraction of sp³-hybridized carbons (Fsp3) is 0.619. The molecule has 3 rings (SSSR count). The Morgan fingerprint density at radius 1 is 1.11 bits per heavy atom. The molecule has 1 aliphatic heterocycles. The summed E-state index contributed by atoms with van der Waals surface area (Å²) in [6.07, 6.45) is 6.06. The van der Waals surface area contributed by atoms with Crippen LogP contribution in [0.1, 0.15) is 44.6 Å². The Morgan fingerprint density at radius 3 is 2.44 bits per heavy atom. The van der Waals surface area contributed by atoms with Crippen molar-refractivity contribution in [3.63, 3.8) is 0 Å². The fourth-order valence-corrected chi connectivity index (χ4v) is 3.91. The van der Waals surface area contributed by atoms with E-state index in [9.17, 15) is 9.59 Å². The fourth-order valence-electron chi connectivity index (χ4n) is 3.91. The molecule has 1 aromatic rings. The summed E-state index contributed by atoms with van der Waals surface area (Å²) in [6.45, 7) is 4.58. The lowest BCUT2D eigenvalue weighted by molar-refractivity contribution is 0.134. The zero-order valence-electron chi connectivity index (χ0n) is 16.3. The number of rotatable bonds is 7. The van der Waals surface area contributed by atoms with Gasteiger partial charge in [0.1, 0.15) is 0 Å². The number of likely N-dealkylation sites (tertiary alicyclic amines) is 1. The van der Waals surface area contributed by atoms with Crippen LogP contribution in [0.5, 0.6) is 0 Å². The molecule has 1 aliphatic carbocycles. The Labute approximate surface area is 162 Å². The van der Waals surface area contributed by atoms with E-state index < -0.39 is 0 Å². The summed E-state index contributed by atoms with van der Waals surface area (Å²) in [5.74, 6) is 0.734. The topological polar surface area (TPSA) is 73.5 Å². The first kappa shape index (κ1) is 19.5. The predicted molar refractivity (Wildman–Crippen MR) is 107 cm³/mol. The number of piperidine rings is 1. The van der Waals surface area contributed by atoms with Crippen molar-refractivity contribution in [3.8, 4) is 0 Å². The molecule has 1 aromatic carbocycles. The van der Waals surface area contributed by atoms with Crippen LogP contribution in [0.2, 0.25) is 0 Å². The van der Waals surface area contributed by atoms with E-state index in [4.69, 9.17) is 0 Å². The van der Waals surface area contributed by atoms with Gasteiger partial charge in [-0.05, 0) is 44.1 Å². The van der Waals surface area contributed by atoms with Gasteiger partial charge < -0.3 is 20.9 Å². The van der Waals surface area contributed by atoms with Crippen LogP contribution in [0.15, 0.2) is 30.3 Å². The summed E-state index contributed by atoms with van der Waals surface area (Å²) in [4.78, 5) is 26.5. The highest BCUT2D eigenvalue weighted by Gasteiger charge is 2.41. The van der Waals surface area contributed by atoms with E-state index in [1.165, 1.54) is 18.4 Å². The monoisotopic (exact) mass is 372 g/mol. The Hall–Kier alpha value is -2.24. The van der Waals surface area contributed by atoms with Crippen molar-refractivity contribution in [2.75, 3.05) is 26.2 Å². The molecule has 0 atom stereocenters. The second-order valence-corrected chi connectivity index (χ2v) is 7.87. The van der Waals surface area contributed by atoms with Crippen LogP contribution >= 0.6 is 0 Å². The molecule has 1 heterocycles. The zero-order chi connectivity index (χ0) is 19.1. The van der Waals surface area contributed by atoms with Crippen LogP contribution in [0, 0.1) is 5.92 Å². The minimum atomic E-state index is -0.165. The van der Waals surface area contributed by atoms with E-state index in [-0.39, 0.29) is 17.6 Å². The SMILES string of the molecule is CCNC(=O)NC1(CC2CC2)CCN(C(=O)NCCc2ccccc2)CC1. The highest BCUT2D eigenvalue weighted by molar-refractivity contribution is 5.75. The van der Waals surface area contributed by atoms with Crippen LogP contribution in [-0.4, -0.2) is 48.7 Å². The second-order valence-electron chi connectivity index (χ2n) is 7.87. The first-order valence-corrected chi connectivity index (χ1v) is 10.2. The third-order valence-electron chi connectivity index (χ3n) is 5.63. The molecule has 148 valence electrons. The van der Waals surface area contributed by atoms with E-state index in [0.29, 0.717) is 26.2 Å². The number of hydrogen-bond donors (Lipinski definition) is 3. The van der Waals surface area contributed by atoms with Crippen molar-refractivity contribution < 1.29 is 9.59 Å². The molecule has 1 saturated carbocycles. The molecule has 6 nitrogen and oxygen atoms in total. The predicted octanol–water partition coefficient (Wildman–Crippen LogP) is 2.89. The van der Waals surface area contributed by atoms with E-state index in [1.807, 2.05) is 30.0 Å². The van der Waals surface area contributed by atoms with E-state index in [2.05, 4.69) is 28.1 Å². The quantitative estimate of drug-likeness (QED) is 0.688. The Kier molecular flexibility index (Phi) is 6.58. The summed E-state index contributed by atoms with van der Waals surface area (Å²) in [5.41, 5.74) is 1.06. The first-order valence-electron chi connectivity index (χ1n) is 10.2. The summed E-state index contributed by atoms with van der Waals surface area (Å²) >= 11 is 0. The lowest BCUT2D eigenvalue weighted by Crippen LogP contribution is -2.59. The number of amides is 4. The number of carbonyl (C=O) groups is 2. The number of hydrogen-bond acceptors (Lipinski definition) is 2. The molecular formula is C21H32N4O2. The van der Waals surface area contributed by atoms with E-state index in [1.54, 1.807) is 0 Å². The van der Waals surface area contributed by atoms with Gasteiger partial charge in [0.25, 0.3) is 0 Å². The average molecular weight is 373 g/mol. The minimum Gasteiger partial charge on any atom is -0.338 e. The second kappa shape index (κ2) is 9.11. The molecule has 4 amide bonds. The van der Waals surface area contributed by atoms with Gasteiger partial charge in [-0.25, -0.2) is 9.59 Å². The van der Waals surface area contributed by atoms with Gasteiger partial charge in [-0.3, -0.25) is 0 Å². The van der Waals surface area contributed by atoms with Gasteiger partial charge in [-0.1, -0.05) is 43.2 Å². The van der Waals surface area contributed by atoms with Gasteiger partial charge in [0.05, 0.1) is 0 Å². The molecular weight excluding hydrogens is 340 g/mol. The molecule has 2 aliphatic rings. The van der Waals surface area contributed by atoms with Gasteiger partial charge in [-0.2, -0.15) is 0 Å². The number of carbonyl (C=O) groups excluding carboxylic acids is 2. The van der Waals surface area contributed by atoms with Crippen LogP contribution in [0.25, 0.3) is 0 Å². The maximum atomic E-state index is 12.5. The molecule has 1 saturated heterocycles. The smallest absolute Gasteiger partial charge is 0.317 e. The Bertz CT molecular complexity index is 622. The van der Waals surface area contributed by atoms with Gasteiger partial charge in [-0.15, -0.1) is 0 Å². The van der Waals surface area contributed by atoms with Crippen LogP contribution in [-0.2, 0) is 6.42 Å². The normalized spacial score (nSPS) is 18.6. The van der Waals surface area contributed by atoms with Crippen molar-refractivity contribution >= 4 is 12.1 Å². The Balaban J connectivity index is 1.46. The molecule has 27 heavy (non-hydrogen) atoms. The molecule has 3 N–H and O–H groups in total. The highest BCUT2D eigenvalue weighted by atomic mass is 16.2. The highest BCUT2D eigenvalue weighted by Crippen LogP contribution is 2.40. The van der Waals surface area contributed by atoms with Gasteiger partial charge in [0.15, 0.2) is 0 Å². The van der Waals surface area contributed by atoms with Gasteiger partial charge >= 0.3 is 12.1 Å². The van der Waals surface area contributed by atoms with Crippen LogP contribution < -0.4 is 16.0 Å². The number of benzene rings is 1. The molecule has 0 spiro atoms. The maximum Gasteiger partial charge on any atom is 0.317 e. The van der Waals surface area contributed by atoms with Crippen molar-refractivity contribution in [1.29, 1.82) is 0 Å². The maximum absolute atomic E-state index is 12.5. The largest absolute Gasteiger partial charge is 0.338 e. The van der Waals surface area contributed by atoms with Crippen LogP contribution in [0.3, 0.4) is 0 Å². The summed E-state index contributed by atoms with van der Waals surface area (Å²) in [7, 11) is 0. The van der Waals surface area contributed by atoms with E-state index in [0.717, 1.165) is 31.6 Å². The zero-order valence-corrected chi connectivity index (χ0v) is 16.3. The third-order valence-corrected chi connectivity index (χ3v) is 5.63. The Morgan fingerprint density at radius 2 is 1.81 bits per heavy atom. The summed E-state index contributed by atoms with van der Waals surface area (Å²) < 4.78 is 0. The lowest BCUT2D eigenvalue weighted by atomic mass is 9.82. The molecule has 0 unspecified atom stereocenters. The molecule has 6 heteroatoms. The molecule has 0 aromatic heterocycles. The van der Waals surface area contributed by atoms with Gasteiger partial charge in [0, 0.05) is 31.7 Å². The van der Waals surface area contributed by atoms with Crippen molar-refractivity contribution in [2.45, 2.75) is 51.0 Å². The lowest BCUT2D eigenvalue weighted by Gasteiger charge is -2.42. The van der Waals surface area contributed by atoms with Gasteiger partial charge in [0.2, 0.25) is 0 Å². The first-order chi connectivity index (χ1) is 13.1. The van der Waals surface area contributed by atoms with Crippen molar-refractivity contribution in [2.24, 2.45) is 5.92 Å². The number of nitrogens with one attached hydrogen (secondary N) is 3.